The second-order valence-electron chi connectivity index (χ2n) is 6.09. The van der Waals surface area contributed by atoms with Crippen LogP contribution in [0.2, 0.25) is 0 Å². The van der Waals surface area contributed by atoms with Crippen molar-refractivity contribution in [2.24, 2.45) is 5.92 Å². The molecule has 7 nitrogen and oxygen atoms in total. The quantitative estimate of drug-likeness (QED) is 0.696. The van der Waals surface area contributed by atoms with E-state index in [-0.39, 0.29) is 12.0 Å². The highest BCUT2D eigenvalue weighted by Gasteiger charge is 2.34. The predicted octanol–water partition coefficient (Wildman–Crippen LogP) is -0.311. The Balaban J connectivity index is 1.61. The van der Waals surface area contributed by atoms with Gasteiger partial charge in [0, 0.05) is 50.5 Å². The van der Waals surface area contributed by atoms with Gasteiger partial charge < -0.3 is 9.47 Å². The van der Waals surface area contributed by atoms with E-state index in [0.717, 1.165) is 39.3 Å². The van der Waals surface area contributed by atoms with Crippen LogP contribution in [-0.2, 0) is 20.8 Å². The Kier molecular flexibility index (Phi) is 5.07. The Morgan fingerprint density at radius 2 is 2.23 bits per heavy atom. The number of methoxy groups -OCH3 is 1. The van der Waals surface area contributed by atoms with Crippen LogP contribution in [0.5, 0.6) is 0 Å². The number of fused-ring (bicyclic) bond motifs is 3. The number of nitrogens with zero attached hydrogens (tertiary/aromatic N) is 4. The lowest BCUT2D eigenvalue weighted by Gasteiger charge is -2.30. The van der Waals surface area contributed by atoms with E-state index in [1.807, 2.05) is 23.1 Å². The number of hydrogen-bond acceptors (Lipinski definition) is 6. The molecule has 0 spiro atoms. The Hall–Kier alpha value is -1.44. The number of esters is 1. The SMILES string of the molecule is COC(=O)CN1C[C@H]2COC[C@@H]1CN(CCn1cccn1)C2. The second-order valence-corrected chi connectivity index (χ2v) is 6.09. The fourth-order valence-corrected chi connectivity index (χ4v) is 3.31. The summed E-state index contributed by atoms with van der Waals surface area (Å²) >= 11 is 0. The van der Waals surface area contributed by atoms with Gasteiger partial charge in [-0.2, -0.15) is 5.10 Å². The standard InChI is InChI=1S/C15H24N4O3/c1-21-15(20)10-18-8-13-7-17(9-14(18)12-22-11-13)5-6-19-4-2-3-16-19/h2-4,13-14H,5-12H2,1H3/t13-,14-/m0/s1. The van der Waals surface area contributed by atoms with E-state index in [4.69, 9.17) is 9.47 Å². The summed E-state index contributed by atoms with van der Waals surface area (Å²) in [6.45, 7) is 6.51. The highest BCUT2D eigenvalue weighted by atomic mass is 16.5. The van der Waals surface area contributed by atoms with Crippen molar-refractivity contribution in [3.05, 3.63) is 18.5 Å². The molecule has 2 bridgehead atoms. The maximum Gasteiger partial charge on any atom is 0.319 e. The van der Waals surface area contributed by atoms with Gasteiger partial charge in [0.1, 0.15) is 0 Å². The first-order valence-electron chi connectivity index (χ1n) is 7.83. The van der Waals surface area contributed by atoms with Crippen molar-refractivity contribution in [2.45, 2.75) is 12.6 Å². The lowest BCUT2D eigenvalue weighted by molar-refractivity contribution is -0.142. The average Bonchev–Trinajstić information content (AvgIpc) is 2.88. The van der Waals surface area contributed by atoms with Crippen molar-refractivity contribution in [1.82, 2.24) is 19.6 Å². The summed E-state index contributed by atoms with van der Waals surface area (Å²) in [7, 11) is 1.44. The van der Waals surface area contributed by atoms with Gasteiger partial charge in [-0.1, -0.05) is 0 Å². The van der Waals surface area contributed by atoms with Gasteiger partial charge in [-0.15, -0.1) is 0 Å². The van der Waals surface area contributed by atoms with Gasteiger partial charge in [0.15, 0.2) is 0 Å². The maximum atomic E-state index is 11.6. The Morgan fingerprint density at radius 1 is 1.32 bits per heavy atom. The van der Waals surface area contributed by atoms with Crippen molar-refractivity contribution in [2.75, 3.05) is 53.0 Å². The number of aromatic nitrogens is 2. The minimum atomic E-state index is -0.171. The number of rotatable bonds is 5. The minimum Gasteiger partial charge on any atom is -0.468 e. The molecule has 0 aliphatic carbocycles. The predicted molar refractivity (Wildman–Crippen MR) is 80.4 cm³/mol. The van der Waals surface area contributed by atoms with E-state index in [0.29, 0.717) is 19.1 Å². The number of ether oxygens (including phenoxy) is 2. The van der Waals surface area contributed by atoms with E-state index in [1.54, 1.807) is 0 Å². The zero-order chi connectivity index (χ0) is 15.4. The van der Waals surface area contributed by atoms with Crippen molar-refractivity contribution in [3.63, 3.8) is 0 Å². The summed E-state index contributed by atoms with van der Waals surface area (Å²) in [5.41, 5.74) is 0. The Morgan fingerprint density at radius 3 is 3.00 bits per heavy atom. The minimum absolute atomic E-state index is 0.171. The van der Waals surface area contributed by atoms with Crippen LogP contribution in [0.15, 0.2) is 18.5 Å². The molecule has 2 aliphatic heterocycles. The normalized spacial score (nSPS) is 26.6. The van der Waals surface area contributed by atoms with Crippen molar-refractivity contribution >= 4 is 5.97 Å². The van der Waals surface area contributed by atoms with E-state index >= 15 is 0 Å². The summed E-state index contributed by atoms with van der Waals surface area (Å²) in [5, 5.41) is 4.26. The molecule has 0 unspecified atom stereocenters. The van der Waals surface area contributed by atoms with Gasteiger partial charge in [0.2, 0.25) is 0 Å². The first-order chi connectivity index (χ1) is 10.7. The van der Waals surface area contributed by atoms with Gasteiger partial charge in [0.25, 0.3) is 0 Å². The number of carbonyl (C=O) groups excluding carboxylic acids is 1. The van der Waals surface area contributed by atoms with Crippen LogP contribution in [0.4, 0.5) is 0 Å². The van der Waals surface area contributed by atoms with Crippen LogP contribution < -0.4 is 0 Å². The summed E-state index contributed by atoms with van der Waals surface area (Å²) in [5.74, 6) is 0.269. The molecular weight excluding hydrogens is 284 g/mol. The zero-order valence-electron chi connectivity index (χ0n) is 13.1. The largest absolute Gasteiger partial charge is 0.468 e. The third kappa shape index (κ3) is 3.85. The van der Waals surface area contributed by atoms with Crippen LogP contribution in [0.1, 0.15) is 0 Å². The van der Waals surface area contributed by atoms with Crippen LogP contribution in [0.25, 0.3) is 0 Å². The molecule has 2 aliphatic rings. The molecule has 0 radical (unpaired) electrons. The van der Waals surface area contributed by atoms with Crippen molar-refractivity contribution in [1.29, 1.82) is 0 Å². The molecule has 0 aromatic carbocycles. The fourth-order valence-electron chi connectivity index (χ4n) is 3.31. The van der Waals surface area contributed by atoms with Gasteiger partial charge >= 0.3 is 5.97 Å². The lowest BCUT2D eigenvalue weighted by Crippen LogP contribution is -2.46. The summed E-state index contributed by atoms with van der Waals surface area (Å²) in [6.07, 6.45) is 3.80. The third-order valence-electron chi connectivity index (χ3n) is 4.42. The zero-order valence-corrected chi connectivity index (χ0v) is 13.1. The summed E-state index contributed by atoms with van der Waals surface area (Å²) in [6, 6.07) is 2.20. The Bertz CT molecular complexity index is 479. The lowest BCUT2D eigenvalue weighted by atomic mass is 10.1. The highest BCUT2D eigenvalue weighted by molar-refractivity contribution is 5.71. The molecule has 2 saturated heterocycles. The molecule has 22 heavy (non-hydrogen) atoms. The van der Waals surface area contributed by atoms with Gasteiger partial charge in [0.05, 0.1) is 33.4 Å². The molecule has 3 heterocycles. The smallest absolute Gasteiger partial charge is 0.319 e. The second kappa shape index (κ2) is 7.21. The number of hydrogen-bond donors (Lipinski definition) is 0. The summed E-state index contributed by atoms with van der Waals surface area (Å²) in [4.78, 5) is 16.3. The van der Waals surface area contributed by atoms with Crippen LogP contribution in [0.3, 0.4) is 0 Å². The molecule has 2 fully saturated rings. The molecule has 0 N–H and O–H groups in total. The van der Waals surface area contributed by atoms with Crippen molar-refractivity contribution in [3.8, 4) is 0 Å². The fraction of sp³-hybridized carbons (Fsp3) is 0.733. The average molecular weight is 308 g/mol. The molecule has 2 atom stereocenters. The molecule has 122 valence electrons. The van der Waals surface area contributed by atoms with E-state index in [9.17, 15) is 4.79 Å². The van der Waals surface area contributed by atoms with Gasteiger partial charge in [-0.05, 0) is 6.07 Å². The third-order valence-corrected chi connectivity index (χ3v) is 4.42. The van der Waals surface area contributed by atoms with E-state index < -0.39 is 0 Å². The van der Waals surface area contributed by atoms with Crippen LogP contribution >= 0.6 is 0 Å². The van der Waals surface area contributed by atoms with E-state index in [2.05, 4.69) is 14.9 Å². The maximum absolute atomic E-state index is 11.6. The molecule has 0 amide bonds. The van der Waals surface area contributed by atoms with Crippen molar-refractivity contribution < 1.29 is 14.3 Å². The molecule has 7 heteroatoms. The molecule has 1 aromatic heterocycles. The van der Waals surface area contributed by atoms with Gasteiger partial charge in [-0.25, -0.2) is 0 Å². The topological polar surface area (TPSA) is 59.8 Å². The summed E-state index contributed by atoms with van der Waals surface area (Å²) < 4.78 is 12.5. The Labute approximate surface area is 130 Å². The first-order valence-corrected chi connectivity index (χ1v) is 7.83. The first kappa shape index (κ1) is 15.5. The molecule has 1 aromatic rings. The molecule has 0 saturated carbocycles. The van der Waals surface area contributed by atoms with E-state index in [1.165, 1.54) is 7.11 Å². The molecular formula is C15H24N4O3. The monoisotopic (exact) mass is 308 g/mol. The van der Waals surface area contributed by atoms with Crippen LogP contribution in [-0.4, -0.2) is 84.6 Å². The van der Waals surface area contributed by atoms with Crippen LogP contribution in [0, 0.1) is 5.92 Å². The van der Waals surface area contributed by atoms with Gasteiger partial charge in [-0.3, -0.25) is 19.3 Å². The highest BCUT2D eigenvalue weighted by Crippen LogP contribution is 2.19. The number of carbonyl (C=O) groups is 1. The molecule has 3 rings (SSSR count).